The fourth-order valence-electron chi connectivity index (χ4n) is 0.940. The van der Waals surface area contributed by atoms with Gasteiger partial charge in [0.2, 0.25) is 5.78 Å². The molecular formula is C8H5F4NO3. The molecule has 0 atom stereocenters. The smallest absolute Gasteiger partial charge is 0.368 e. The number of hydrogen-bond donors (Lipinski definition) is 2. The van der Waals surface area contributed by atoms with Crippen LogP contribution in [0.4, 0.5) is 17.6 Å². The van der Waals surface area contributed by atoms with Gasteiger partial charge in [0.1, 0.15) is 5.69 Å². The second kappa shape index (κ2) is 3.95. The number of ketones is 1. The number of carbonyl (C=O) groups is 2. The number of Topliss-reactive ketones (excluding diaryl/α,β-unsaturated/α-hetero) is 1. The largest absolute Gasteiger partial charge is 0.477 e. The number of aromatic carboxylic acids is 1. The molecule has 1 heterocycles. The highest BCUT2D eigenvalue weighted by Crippen LogP contribution is 2.27. The molecule has 0 aromatic carbocycles. The monoisotopic (exact) mass is 239 g/mol. The van der Waals surface area contributed by atoms with E-state index in [1.54, 1.807) is 0 Å². The van der Waals surface area contributed by atoms with Crippen molar-refractivity contribution in [3.63, 3.8) is 0 Å². The lowest BCUT2D eigenvalue weighted by Crippen LogP contribution is -2.36. The van der Waals surface area contributed by atoms with Crippen LogP contribution < -0.4 is 0 Å². The Morgan fingerprint density at radius 1 is 1.38 bits per heavy atom. The highest BCUT2D eigenvalue weighted by Gasteiger charge is 2.49. The van der Waals surface area contributed by atoms with Gasteiger partial charge in [0.05, 0.1) is 0 Å². The first-order chi connectivity index (χ1) is 7.26. The first-order valence-corrected chi connectivity index (χ1v) is 3.89. The predicted octanol–water partition coefficient (Wildman–Crippen LogP) is 1.80. The third-order valence-corrected chi connectivity index (χ3v) is 1.75. The van der Waals surface area contributed by atoms with Crippen molar-refractivity contribution in [1.29, 1.82) is 0 Å². The number of hydrogen-bond acceptors (Lipinski definition) is 2. The topological polar surface area (TPSA) is 70.2 Å². The van der Waals surface area contributed by atoms with Crippen LogP contribution in [0.5, 0.6) is 0 Å². The molecule has 1 rings (SSSR count). The number of aromatic nitrogens is 1. The number of nitrogens with one attached hydrogen (secondary N) is 1. The van der Waals surface area contributed by atoms with Gasteiger partial charge in [-0.1, -0.05) is 0 Å². The molecule has 1 aromatic rings. The zero-order chi connectivity index (χ0) is 12.5. The normalized spacial score (nSPS) is 11.8. The van der Waals surface area contributed by atoms with Gasteiger partial charge in [-0.15, -0.1) is 0 Å². The average Bonchev–Trinajstić information content (AvgIpc) is 2.64. The van der Waals surface area contributed by atoms with Gasteiger partial charge >= 0.3 is 18.3 Å². The van der Waals surface area contributed by atoms with Crippen LogP contribution in [0, 0.1) is 0 Å². The van der Waals surface area contributed by atoms with E-state index in [0.29, 0.717) is 12.3 Å². The zero-order valence-electron chi connectivity index (χ0n) is 7.51. The van der Waals surface area contributed by atoms with Gasteiger partial charge < -0.3 is 10.1 Å². The Bertz CT molecular complexity index is 427. The van der Waals surface area contributed by atoms with Crippen LogP contribution in [0.2, 0.25) is 0 Å². The second-order valence-corrected chi connectivity index (χ2v) is 2.86. The fourth-order valence-corrected chi connectivity index (χ4v) is 0.940. The van der Waals surface area contributed by atoms with Crippen LogP contribution in [0.1, 0.15) is 20.8 Å². The first-order valence-electron chi connectivity index (χ1n) is 3.89. The first kappa shape index (κ1) is 12.2. The van der Waals surface area contributed by atoms with Crippen molar-refractivity contribution in [2.45, 2.75) is 12.3 Å². The van der Waals surface area contributed by atoms with E-state index >= 15 is 0 Å². The minimum atomic E-state index is -4.82. The molecule has 88 valence electrons. The number of rotatable bonds is 4. The molecule has 8 heteroatoms. The van der Waals surface area contributed by atoms with E-state index in [9.17, 15) is 27.2 Å². The van der Waals surface area contributed by atoms with Crippen molar-refractivity contribution in [2.75, 3.05) is 0 Å². The van der Waals surface area contributed by atoms with Crippen molar-refractivity contribution >= 4 is 11.8 Å². The van der Waals surface area contributed by atoms with Gasteiger partial charge in [-0.3, -0.25) is 4.79 Å². The van der Waals surface area contributed by atoms with E-state index in [1.165, 1.54) is 0 Å². The molecule has 0 aliphatic rings. The molecule has 0 radical (unpaired) electrons. The summed E-state index contributed by atoms with van der Waals surface area (Å²) in [5.74, 6) is -8.43. The van der Waals surface area contributed by atoms with Gasteiger partial charge in [-0.2, -0.15) is 8.78 Å². The minimum Gasteiger partial charge on any atom is -0.477 e. The Hall–Kier alpha value is -1.86. The molecule has 0 bridgehead atoms. The maximum Gasteiger partial charge on any atom is 0.368 e. The Morgan fingerprint density at radius 2 is 1.94 bits per heavy atom. The van der Waals surface area contributed by atoms with Gasteiger partial charge in [0.15, 0.2) is 0 Å². The molecule has 2 N–H and O–H groups in total. The van der Waals surface area contributed by atoms with Gasteiger partial charge in [0.25, 0.3) is 0 Å². The number of carboxylic acid groups (broad SMARTS) is 1. The molecule has 0 fully saturated rings. The Labute approximate surface area is 85.9 Å². The summed E-state index contributed by atoms with van der Waals surface area (Å²) in [5.41, 5.74) is -1.34. The standard InChI is InChI=1S/C8H5F4NO3/c9-7(10)8(11,12)5(14)3-1-4(6(15)16)13-2-3/h1-2,7,13H,(H,15,16). The van der Waals surface area contributed by atoms with Crippen LogP contribution >= 0.6 is 0 Å². The van der Waals surface area contributed by atoms with Gasteiger partial charge in [-0.25, -0.2) is 13.6 Å². The number of aromatic amines is 1. The van der Waals surface area contributed by atoms with Crippen molar-refractivity contribution in [3.05, 3.63) is 23.5 Å². The fraction of sp³-hybridized carbons (Fsp3) is 0.250. The van der Waals surface area contributed by atoms with Crippen molar-refractivity contribution in [3.8, 4) is 0 Å². The van der Waals surface area contributed by atoms with Crippen molar-refractivity contribution in [1.82, 2.24) is 4.98 Å². The molecule has 0 saturated heterocycles. The lowest BCUT2D eigenvalue weighted by Gasteiger charge is -2.12. The zero-order valence-corrected chi connectivity index (χ0v) is 7.51. The Morgan fingerprint density at radius 3 is 2.31 bits per heavy atom. The summed E-state index contributed by atoms with van der Waals surface area (Å²) < 4.78 is 48.8. The summed E-state index contributed by atoms with van der Waals surface area (Å²) in [4.78, 5) is 23.2. The molecule has 4 nitrogen and oxygen atoms in total. The SMILES string of the molecule is O=C(O)c1cc(C(=O)C(F)(F)C(F)F)c[nH]1. The van der Waals surface area contributed by atoms with E-state index in [2.05, 4.69) is 0 Å². The maximum atomic E-state index is 12.6. The summed E-state index contributed by atoms with van der Waals surface area (Å²) in [7, 11) is 0. The van der Waals surface area contributed by atoms with Gasteiger partial charge in [0, 0.05) is 11.8 Å². The summed E-state index contributed by atoms with van der Waals surface area (Å²) >= 11 is 0. The molecule has 1 aromatic heterocycles. The number of carbonyl (C=O) groups excluding carboxylic acids is 1. The van der Waals surface area contributed by atoms with Crippen LogP contribution in [0.15, 0.2) is 12.3 Å². The summed E-state index contributed by atoms with van der Waals surface area (Å²) in [6.07, 6.45) is -3.49. The van der Waals surface area contributed by atoms with E-state index in [-0.39, 0.29) is 0 Å². The molecule has 0 spiro atoms. The van der Waals surface area contributed by atoms with E-state index in [4.69, 9.17) is 5.11 Å². The van der Waals surface area contributed by atoms with Crippen molar-refractivity contribution in [2.24, 2.45) is 0 Å². The number of carboxylic acids is 1. The summed E-state index contributed by atoms with van der Waals surface area (Å²) in [5, 5.41) is 8.41. The third kappa shape index (κ3) is 2.05. The van der Waals surface area contributed by atoms with Crippen LogP contribution in [0.3, 0.4) is 0 Å². The van der Waals surface area contributed by atoms with Crippen LogP contribution in [0.25, 0.3) is 0 Å². The molecule has 16 heavy (non-hydrogen) atoms. The molecule has 0 saturated carbocycles. The minimum absolute atomic E-state index is 0.534. The number of halogens is 4. The Kier molecular flexibility index (Phi) is 3.02. The lowest BCUT2D eigenvalue weighted by molar-refractivity contribution is -0.0958. The number of H-pyrrole nitrogens is 1. The summed E-state index contributed by atoms with van der Waals surface area (Å²) in [6.45, 7) is 0. The highest BCUT2D eigenvalue weighted by molar-refractivity contribution is 6.03. The lowest BCUT2D eigenvalue weighted by atomic mass is 10.1. The van der Waals surface area contributed by atoms with Crippen LogP contribution in [-0.4, -0.2) is 34.2 Å². The molecular weight excluding hydrogens is 234 g/mol. The average molecular weight is 239 g/mol. The van der Waals surface area contributed by atoms with E-state index in [1.807, 2.05) is 4.98 Å². The predicted molar refractivity (Wildman–Crippen MR) is 43.0 cm³/mol. The maximum absolute atomic E-state index is 12.6. The highest BCUT2D eigenvalue weighted by atomic mass is 19.3. The molecule has 0 amide bonds. The van der Waals surface area contributed by atoms with Gasteiger partial charge in [-0.05, 0) is 6.07 Å². The molecule has 0 unspecified atom stereocenters. The van der Waals surface area contributed by atoms with E-state index < -0.39 is 35.4 Å². The molecule has 0 aliphatic heterocycles. The van der Waals surface area contributed by atoms with Crippen LogP contribution in [-0.2, 0) is 0 Å². The van der Waals surface area contributed by atoms with E-state index in [0.717, 1.165) is 0 Å². The second-order valence-electron chi connectivity index (χ2n) is 2.86. The Balaban J connectivity index is 3.01. The number of alkyl halides is 4. The summed E-state index contributed by atoms with van der Waals surface area (Å²) in [6, 6.07) is 0.570. The van der Waals surface area contributed by atoms with Crippen molar-refractivity contribution < 1.29 is 32.3 Å². The third-order valence-electron chi connectivity index (χ3n) is 1.75. The molecule has 0 aliphatic carbocycles. The quantitative estimate of drug-likeness (QED) is 0.621.